The Morgan fingerprint density at radius 2 is 1.82 bits per heavy atom. The summed E-state index contributed by atoms with van der Waals surface area (Å²) in [7, 11) is 0. The summed E-state index contributed by atoms with van der Waals surface area (Å²) in [5.74, 6) is 0.175. The van der Waals surface area contributed by atoms with Crippen molar-refractivity contribution in [3.05, 3.63) is 35.9 Å². The van der Waals surface area contributed by atoms with Gasteiger partial charge in [0.15, 0.2) is 0 Å². The van der Waals surface area contributed by atoms with Crippen LogP contribution in [0.5, 0.6) is 0 Å². The number of carbonyl (C=O) groups excluding carboxylic acids is 1. The number of rotatable bonds is 4. The fourth-order valence-electron chi connectivity index (χ4n) is 1.94. The fourth-order valence-corrected chi connectivity index (χ4v) is 1.94. The predicted octanol–water partition coefficient (Wildman–Crippen LogP) is 3.03. The van der Waals surface area contributed by atoms with E-state index < -0.39 is 0 Å². The Bertz CT molecular complexity index is 351. The molecule has 0 saturated carbocycles. The summed E-state index contributed by atoms with van der Waals surface area (Å²) in [4.78, 5) is 12.1. The second kappa shape index (κ2) is 5.85. The van der Waals surface area contributed by atoms with E-state index in [0.29, 0.717) is 6.54 Å². The van der Waals surface area contributed by atoms with Crippen LogP contribution < -0.4 is 5.32 Å². The number of amides is 1. The summed E-state index contributed by atoms with van der Waals surface area (Å²) in [5.41, 5.74) is 1.20. The predicted molar refractivity (Wildman–Crippen MR) is 71.8 cm³/mol. The first-order chi connectivity index (χ1) is 7.95. The molecular formula is C15H23NO. The lowest BCUT2D eigenvalue weighted by atomic mass is 9.76. The van der Waals surface area contributed by atoms with E-state index in [4.69, 9.17) is 0 Å². The minimum Gasteiger partial charge on any atom is -0.356 e. The van der Waals surface area contributed by atoms with Crippen LogP contribution in [0.15, 0.2) is 30.3 Å². The van der Waals surface area contributed by atoms with E-state index in [1.807, 2.05) is 25.1 Å². The molecule has 0 aliphatic rings. The van der Waals surface area contributed by atoms with Gasteiger partial charge in [-0.15, -0.1) is 0 Å². The normalized spacial score (nSPS) is 13.2. The molecule has 0 aliphatic carbocycles. The van der Waals surface area contributed by atoms with Gasteiger partial charge in [0.2, 0.25) is 5.91 Å². The highest BCUT2D eigenvalue weighted by atomic mass is 16.1. The van der Waals surface area contributed by atoms with Gasteiger partial charge in [0.25, 0.3) is 0 Å². The molecule has 0 fully saturated rings. The average molecular weight is 233 g/mol. The van der Waals surface area contributed by atoms with Gasteiger partial charge in [-0.05, 0) is 24.3 Å². The fraction of sp³-hybridized carbons (Fsp3) is 0.533. The zero-order valence-corrected chi connectivity index (χ0v) is 11.3. The molecule has 2 heteroatoms. The smallest absolute Gasteiger partial charge is 0.223 e. The van der Waals surface area contributed by atoms with E-state index in [1.165, 1.54) is 5.56 Å². The summed E-state index contributed by atoms with van der Waals surface area (Å²) in [6.45, 7) is 9.02. The van der Waals surface area contributed by atoms with Crippen molar-refractivity contribution in [2.75, 3.05) is 6.54 Å². The molecule has 0 aromatic heterocycles. The van der Waals surface area contributed by atoms with Crippen molar-refractivity contribution in [2.24, 2.45) is 11.3 Å². The van der Waals surface area contributed by atoms with E-state index in [1.54, 1.807) is 0 Å². The van der Waals surface area contributed by atoms with E-state index in [9.17, 15) is 4.79 Å². The Kier molecular flexibility index (Phi) is 4.73. The van der Waals surface area contributed by atoms with Crippen LogP contribution in [0.4, 0.5) is 0 Å². The van der Waals surface area contributed by atoms with E-state index in [0.717, 1.165) is 6.42 Å². The van der Waals surface area contributed by atoms with Gasteiger partial charge < -0.3 is 5.32 Å². The highest BCUT2D eigenvalue weighted by Crippen LogP contribution is 2.29. The lowest BCUT2D eigenvalue weighted by Gasteiger charge is -2.29. The van der Waals surface area contributed by atoms with E-state index >= 15 is 0 Å². The van der Waals surface area contributed by atoms with Gasteiger partial charge in [0.1, 0.15) is 0 Å². The number of nitrogens with one attached hydrogen (secondary N) is 1. The second-order valence-electron chi connectivity index (χ2n) is 5.50. The zero-order chi connectivity index (χ0) is 12.9. The second-order valence-corrected chi connectivity index (χ2v) is 5.50. The average Bonchev–Trinajstić information content (AvgIpc) is 2.26. The third kappa shape index (κ3) is 4.22. The maximum atomic E-state index is 12.1. The van der Waals surface area contributed by atoms with Gasteiger partial charge in [0, 0.05) is 12.5 Å². The first-order valence-corrected chi connectivity index (χ1v) is 6.26. The molecule has 1 N–H and O–H groups in total. The lowest BCUT2D eigenvalue weighted by molar-refractivity contribution is -0.128. The lowest BCUT2D eigenvalue weighted by Crippen LogP contribution is -2.39. The minimum atomic E-state index is -0.0188. The molecule has 1 aromatic carbocycles. The quantitative estimate of drug-likeness (QED) is 0.851. The highest BCUT2D eigenvalue weighted by molar-refractivity contribution is 5.79. The monoisotopic (exact) mass is 233 g/mol. The van der Waals surface area contributed by atoms with Crippen molar-refractivity contribution >= 4 is 5.91 Å². The molecular weight excluding hydrogens is 210 g/mol. The molecule has 0 spiro atoms. The van der Waals surface area contributed by atoms with Crippen LogP contribution in [0.1, 0.15) is 33.3 Å². The molecule has 0 radical (unpaired) electrons. The first kappa shape index (κ1) is 13.8. The molecule has 1 aromatic rings. The largest absolute Gasteiger partial charge is 0.356 e. The number of carbonyl (C=O) groups is 1. The van der Waals surface area contributed by atoms with Crippen LogP contribution >= 0.6 is 0 Å². The van der Waals surface area contributed by atoms with Crippen LogP contribution in [0, 0.1) is 11.3 Å². The molecule has 0 unspecified atom stereocenters. The third-order valence-electron chi connectivity index (χ3n) is 3.00. The van der Waals surface area contributed by atoms with Crippen LogP contribution in [-0.2, 0) is 11.2 Å². The molecule has 1 rings (SSSR count). The van der Waals surface area contributed by atoms with Crippen LogP contribution in [-0.4, -0.2) is 12.5 Å². The van der Waals surface area contributed by atoms with E-state index in [2.05, 4.69) is 38.2 Å². The Balaban J connectivity index is 2.82. The molecule has 1 amide bonds. The maximum absolute atomic E-state index is 12.1. The number of hydrogen-bond acceptors (Lipinski definition) is 1. The first-order valence-electron chi connectivity index (χ1n) is 6.26. The molecule has 0 aliphatic heterocycles. The summed E-state index contributed by atoms with van der Waals surface area (Å²) in [5, 5.41) is 2.93. The Morgan fingerprint density at radius 3 is 2.29 bits per heavy atom. The molecule has 1 atom stereocenters. The van der Waals surface area contributed by atoms with Crippen LogP contribution in [0.2, 0.25) is 0 Å². The molecule has 0 heterocycles. The molecule has 0 saturated heterocycles. The maximum Gasteiger partial charge on any atom is 0.223 e. The third-order valence-corrected chi connectivity index (χ3v) is 3.00. The van der Waals surface area contributed by atoms with Crippen molar-refractivity contribution in [3.8, 4) is 0 Å². The zero-order valence-electron chi connectivity index (χ0n) is 11.3. The molecule has 17 heavy (non-hydrogen) atoms. The van der Waals surface area contributed by atoms with Gasteiger partial charge >= 0.3 is 0 Å². The van der Waals surface area contributed by atoms with Crippen molar-refractivity contribution in [2.45, 2.75) is 34.1 Å². The highest BCUT2D eigenvalue weighted by Gasteiger charge is 2.30. The molecule has 94 valence electrons. The Labute approximate surface area is 104 Å². The summed E-state index contributed by atoms with van der Waals surface area (Å²) in [6.07, 6.45) is 0.802. The standard InChI is InChI=1S/C15H23NO/c1-5-16-14(17)13(15(2,3)4)11-12-9-7-6-8-10-12/h6-10,13H,5,11H2,1-4H3,(H,16,17)/t13-/m1/s1. The van der Waals surface area contributed by atoms with Crippen LogP contribution in [0.25, 0.3) is 0 Å². The summed E-state index contributed by atoms with van der Waals surface area (Å²) >= 11 is 0. The SMILES string of the molecule is CCNC(=O)[C@@H](Cc1ccccc1)C(C)(C)C. The molecule has 2 nitrogen and oxygen atoms in total. The van der Waals surface area contributed by atoms with Gasteiger partial charge in [-0.3, -0.25) is 4.79 Å². The van der Waals surface area contributed by atoms with E-state index in [-0.39, 0.29) is 17.2 Å². The molecule has 0 bridgehead atoms. The Morgan fingerprint density at radius 1 is 1.24 bits per heavy atom. The van der Waals surface area contributed by atoms with Crippen molar-refractivity contribution in [1.82, 2.24) is 5.32 Å². The van der Waals surface area contributed by atoms with Crippen molar-refractivity contribution < 1.29 is 4.79 Å². The summed E-state index contributed by atoms with van der Waals surface area (Å²) in [6, 6.07) is 10.2. The van der Waals surface area contributed by atoms with Gasteiger partial charge in [-0.2, -0.15) is 0 Å². The number of hydrogen-bond donors (Lipinski definition) is 1. The van der Waals surface area contributed by atoms with Crippen LogP contribution in [0.3, 0.4) is 0 Å². The van der Waals surface area contributed by atoms with Gasteiger partial charge in [-0.25, -0.2) is 0 Å². The van der Waals surface area contributed by atoms with Gasteiger partial charge in [-0.1, -0.05) is 51.1 Å². The van der Waals surface area contributed by atoms with Crippen molar-refractivity contribution in [1.29, 1.82) is 0 Å². The summed E-state index contributed by atoms with van der Waals surface area (Å²) < 4.78 is 0. The number of benzene rings is 1. The topological polar surface area (TPSA) is 29.1 Å². The minimum absolute atomic E-state index is 0.0184. The Hall–Kier alpha value is -1.31. The van der Waals surface area contributed by atoms with Crippen molar-refractivity contribution in [3.63, 3.8) is 0 Å². The van der Waals surface area contributed by atoms with Gasteiger partial charge in [0.05, 0.1) is 0 Å².